The van der Waals surface area contributed by atoms with Crippen molar-refractivity contribution in [3.8, 4) is 17.0 Å². The zero-order valence-corrected chi connectivity index (χ0v) is 17.8. The predicted molar refractivity (Wildman–Crippen MR) is 117 cm³/mol. The van der Waals surface area contributed by atoms with Gasteiger partial charge in [-0.15, -0.1) is 11.3 Å². The molecule has 3 aromatic rings. The van der Waals surface area contributed by atoms with Crippen molar-refractivity contribution in [3.05, 3.63) is 63.5 Å². The molecule has 146 valence electrons. The molecule has 1 heterocycles. The minimum absolute atomic E-state index is 0.0547. The maximum atomic E-state index is 12.2. The number of amides is 1. The van der Waals surface area contributed by atoms with Crippen LogP contribution in [0.5, 0.6) is 5.75 Å². The molecule has 0 saturated heterocycles. The fourth-order valence-electron chi connectivity index (χ4n) is 2.78. The van der Waals surface area contributed by atoms with Gasteiger partial charge in [0.1, 0.15) is 5.75 Å². The highest BCUT2D eigenvalue weighted by Crippen LogP contribution is 2.31. The van der Waals surface area contributed by atoms with E-state index in [0.717, 1.165) is 33.0 Å². The lowest BCUT2D eigenvalue weighted by Gasteiger charge is -2.09. The summed E-state index contributed by atoms with van der Waals surface area (Å²) in [7, 11) is 0. The van der Waals surface area contributed by atoms with Crippen LogP contribution in [-0.4, -0.2) is 17.5 Å². The van der Waals surface area contributed by atoms with Crippen molar-refractivity contribution in [2.24, 2.45) is 0 Å². The van der Waals surface area contributed by atoms with E-state index in [9.17, 15) is 4.79 Å². The largest absolute Gasteiger partial charge is 0.493 e. The van der Waals surface area contributed by atoms with Crippen LogP contribution in [-0.2, 0) is 4.79 Å². The fourth-order valence-corrected chi connectivity index (χ4v) is 3.76. The van der Waals surface area contributed by atoms with Crippen molar-refractivity contribution in [1.82, 2.24) is 4.98 Å². The third-order valence-corrected chi connectivity index (χ3v) is 5.45. The Morgan fingerprint density at radius 3 is 2.64 bits per heavy atom. The Morgan fingerprint density at radius 1 is 1.14 bits per heavy atom. The number of carbonyl (C=O) groups excluding carboxylic acids is 1. The molecule has 6 heteroatoms. The minimum atomic E-state index is -0.0547. The van der Waals surface area contributed by atoms with Crippen LogP contribution >= 0.6 is 22.9 Å². The van der Waals surface area contributed by atoms with Gasteiger partial charge in [0.25, 0.3) is 0 Å². The highest BCUT2D eigenvalue weighted by molar-refractivity contribution is 7.16. The molecule has 0 aliphatic carbocycles. The quantitative estimate of drug-likeness (QED) is 0.469. The summed E-state index contributed by atoms with van der Waals surface area (Å²) in [5.74, 6) is 0.824. The second-order valence-corrected chi connectivity index (χ2v) is 8.34. The Balaban J connectivity index is 1.50. The summed E-state index contributed by atoms with van der Waals surface area (Å²) < 4.78 is 5.81. The SMILES string of the molecule is Cc1ccc(C)c(OCCCC(=O)Nc2nc(-c3ccc(Cl)cc3)c(C)s2)c1. The number of hydrogen-bond acceptors (Lipinski definition) is 4. The van der Waals surface area contributed by atoms with Crippen LogP contribution in [0.15, 0.2) is 42.5 Å². The lowest BCUT2D eigenvalue weighted by Crippen LogP contribution is -2.12. The van der Waals surface area contributed by atoms with E-state index >= 15 is 0 Å². The van der Waals surface area contributed by atoms with Crippen LogP contribution in [0.3, 0.4) is 0 Å². The lowest BCUT2D eigenvalue weighted by atomic mass is 10.1. The molecular formula is C22H23ClN2O2S. The number of thiazole rings is 1. The number of nitrogens with zero attached hydrogens (tertiary/aromatic N) is 1. The maximum Gasteiger partial charge on any atom is 0.226 e. The Labute approximate surface area is 174 Å². The number of rotatable bonds is 7. The molecular weight excluding hydrogens is 392 g/mol. The molecule has 1 N–H and O–H groups in total. The molecule has 1 amide bonds. The van der Waals surface area contributed by atoms with Crippen LogP contribution in [0.4, 0.5) is 5.13 Å². The number of aromatic nitrogens is 1. The standard InChI is InChI=1S/C22H23ClN2O2S/c1-14-6-7-15(2)19(13-14)27-12-4-5-20(26)24-22-25-21(16(3)28-22)17-8-10-18(23)11-9-17/h6-11,13H,4-5,12H2,1-3H3,(H,24,25,26). The molecule has 3 rings (SSSR count). The third-order valence-electron chi connectivity index (χ3n) is 4.31. The average molecular weight is 415 g/mol. The van der Waals surface area contributed by atoms with Crippen molar-refractivity contribution < 1.29 is 9.53 Å². The smallest absolute Gasteiger partial charge is 0.226 e. The number of hydrogen-bond donors (Lipinski definition) is 1. The zero-order valence-electron chi connectivity index (χ0n) is 16.2. The highest BCUT2D eigenvalue weighted by Gasteiger charge is 2.12. The van der Waals surface area contributed by atoms with Gasteiger partial charge in [0.2, 0.25) is 5.91 Å². The fraction of sp³-hybridized carbons (Fsp3) is 0.273. The monoisotopic (exact) mass is 414 g/mol. The molecule has 0 atom stereocenters. The zero-order chi connectivity index (χ0) is 20.1. The molecule has 0 saturated carbocycles. The summed E-state index contributed by atoms with van der Waals surface area (Å²) in [5, 5.41) is 4.19. The van der Waals surface area contributed by atoms with Gasteiger partial charge in [-0.3, -0.25) is 4.79 Å². The van der Waals surface area contributed by atoms with Gasteiger partial charge in [-0.2, -0.15) is 0 Å². The maximum absolute atomic E-state index is 12.2. The number of aryl methyl sites for hydroxylation is 3. The third kappa shape index (κ3) is 5.33. The molecule has 28 heavy (non-hydrogen) atoms. The van der Waals surface area contributed by atoms with Gasteiger partial charge in [0, 0.05) is 21.9 Å². The van der Waals surface area contributed by atoms with Gasteiger partial charge in [0.15, 0.2) is 5.13 Å². The number of carbonyl (C=O) groups is 1. The second kappa shape index (κ2) is 9.22. The Hall–Kier alpha value is -2.37. The number of ether oxygens (including phenoxy) is 1. The summed E-state index contributed by atoms with van der Waals surface area (Å²) in [6.45, 7) is 6.55. The molecule has 0 radical (unpaired) electrons. The molecule has 4 nitrogen and oxygen atoms in total. The normalized spacial score (nSPS) is 10.7. The van der Waals surface area contributed by atoms with Crippen LogP contribution in [0.1, 0.15) is 28.8 Å². The van der Waals surface area contributed by atoms with Gasteiger partial charge in [-0.25, -0.2) is 4.98 Å². The number of benzene rings is 2. The van der Waals surface area contributed by atoms with E-state index in [2.05, 4.69) is 16.4 Å². The van der Waals surface area contributed by atoms with Gasteiger partial charge in [-0.05, 0) is 56.5 Å². The van der Waals surface area contributed by atoms with Crippen LogP contribution < -0.4 is 10.1 Å². The highest BCUT2D eigenvalue weighted by atomic mass is 35.5. The van der Waals surface area contributed by atoms with Crippen molar-refractivity contribution in [2.45, 2.75) is 33.6 Å². The molecule has 1 aromatic heterocycles. The molecule has 0 bridgehead atoms. The second-order valence-electron chi connectivity index (χ2n) is 6.70. The van der Waals surface area contributed by atoms with E-state index < -0.39 is 0 Å². The summed E-state index contributed by atoms with van der Waals surface area (Å²) in [5.41, 5.74) is 4.12. The van der Waals surface area contributed by atoms with E-state index in [0.29, 0.717) is 29.6 Å². The molecule has 0 spiro atoms. The summed E-state index contributed by atoms with van der Waals surface area (Å²) in [6, 6.07) is 13.7. The first-order valence-corrected chi connectivity index (χ1v) is 10.3. The van der Waals surface area contributed by atoms with Crippen LogP contribution in [0, 0.1) is 20.8 Å². The molecule has 0 aliphatic rings. The van der Waals surface area contributed by atoms with E-state index in [-0.39, 0.29) is 5.91 Å². The Bertz CT molecular complexity index is 967. The van der Waals surface area contributed by atoms with Crippen molar-refractivity contribution in [2.75, 3.05) is 11.9 Å². The minimum Gasteiger partial charge on any atom is -0.493 e. The Morgan fingerprint density at radius 2 is 1.89 bits per heavy atom. The number of halogens is 1. The topological polar surface area (TPSA) is 51.2 Å². The van der Waals surface area contributed by atoms with Gasteiger partial charge < -0.3 is 10.1 Å². The van der Waals surface area contributed by atoms with Gasteiger partial charge >= 0.3 is 0 Å². The first-order chi connectivity index (χ1) is 13.4. The average Bonchev–Trinajstić information content (AvgIpc) is 3.02. The molecule has 0 aliphatic heterocycles. The molecule has 0 unspecified atom stereocenters. The van der Waals surface area contributed by atoms with Crippen LogP contribution in [0.2, 0.25) is 5.02 Å². The first-order valence-electron chi connectivity index (χ1n) is 9.15. The first kappa shape index (κ1) is 20.4. The lowest BCUT2D eigenvalue weighted by molar-refractivity contribution is -0.116. The van der Waals surface area contributed by atoms with Crippen molar-refractivity contribution in [1.29, 1.82) is 0 Å². The predicted octanol–water partition coefficient (Wildman–Crippen LogP) is 6.19. The number of anilines is 1. The van der Waals surface area contributed by atoms with E-state index in [4.69, 9.17) is 16.3 Å². The van der Waals surface area contributed by atoms with Gasteiger partial charge in [0.05, 0.1) is 12.3 Å². The Kier molecular flexibility index (Phi) is 6.70. The van der Waals surface area contributed by atoms with E-state index in [1.165, 1.54) is 11.3 Å². The van der Waals surface area contributed by atoms with Gasteiger partial charge in [-0.1, -0.05) is 35.9 Å². The van der Waals surface area contributed by atoms with E-state index in [1.807, 2.05) is 57.2 Å². The summed E-state index contributed by atoms with van der Waals surface area (Å²) in [6.07, 6.45) is 1.04. The molecule has 2 aromatic carbocycles. The summed E-state index contributed by atoms with van der Waals surface area (Å²) >= 11 is 7.42. The van der Waals surface area contributed by atoms with Crippen LogP contribution in [0.25, 0.3) is 11.3 Å². The van der Waals surface area contributed by atoms with E-state index in [1.54, 1.807) is 0 Å². The van der Waals surface area contributed by atoms with Crippen molar-refractivity contribution in [3.63, 3.8) is 0 Å². The number of nitrogens with one attached hydrogen (secondary N) is 1. The molecule has 0 fully saturated rings. The summed E-state index contributed by atoms with van der Waals surface area (Å²) in [4.78, 5) is 17.8. The van der Waals surface area contributed by atoms with Crippen molar-refractivity contribution >= 4 is 34.0 Å².